The first-order valence-corrected chi connectivity index (χ1v) is 11.8. The standard InChI is InChI=1S/C18H29F5N2O5S/c19-17(20,18(21,22)23)7-3-1-2-4-14-5-10-25(11-6-14)31(28,29)16(15(26)24-27)8-12-30-13-9-16/h14,27H,1-13H2,(H,24,26). The zero-order valence-electron chi connectivity index (χ0n) is 17.1. The number of amides is 1. The second-order valence-corrected chi connectivity index (χ2v) is 10.4. The number of piperidine rings is 1. The third-order valence-electron chi connectivity index (χ3n) is 6.24. The third kappa shape index (κ3) is 5.85. The van der Waals surface area contributed by atoms with Crippen LogP contribution in [0.5, 0.6) is 0 Å². The van der Waals surface area contributed by atoms with Crippen LogP contribution in [-0.2, 0) is 19.6 Å². The van der Waals surface area contributed by atoms with Gasteiger partial charge in [-0.25, -0.2) is 18.2 Å². The Balaban J connectivity index is 1.82. The van der Waals surface area contributed by atoms with Crippen molar-refractivity contribution in [3.63, 3.8) is 0 Å². The number of ether oxygens (including phenoxy) is 1. The van der Waals surface area contributed by atoms with Crippen molar-refractivity contribution in [2.24, 2.45) is 5.92 Å². The van der Waals surface area contributed by atoms with Crippen molar-refractivity contribution in [3.05, 3.63) is 0 Å². The number of nitrogens with one attached hydrogen (secondary N) is 1. The number of carbonyl (C=O) groups excluding carboxylic acids is 1. The molecule has 7 nitrogen and oxygen atoms in total. The van der Waals surface area contributed by atoms with Gasteiger partial charge in [-0.2, -0.15) is 22.0 Å². The second-order valence-electron chi connectivity index (χ2n) is 8.20. The number of rotatable bonds is 9. The Morgan fingerprint density at radius 3 is 2.16 bits per heavy atom. The summed E-state index contributed by atoms with van der Waals surface area (Å²) in [5.41, 5.74) is 1.47. The molecule has 2 saturated heterocycles. The number of alkyl halides is 5. The summed E-state index contributed by atoms with van der Waals surface area (Å²) in [6.45, 7) is 0.522. The Morgan fingerprint density at radius 1 is 1.06 bits per heavy atom. The van der Waals surface area contributed by atoms with Crippen LogP contribution in [0.3, 0.4) is 0 Å². The quantitative estimate of drug-likeness (QED) is 0.229. The van der Waals surface area contributed by atoms with Crippen LogP contribution in [0.15, 0.2) is 0 Å². The fourth-order valence-electron chi connectivity index (χ4n) is 4.19. The Bertz CT molecular complexity index is 703. The van der Waals surface area contributed by atoms with Gasteiger partial charge in [-0.15, -0.1) is 0 Å². The lowest BCUT2D eigenvalue weighted by molar-refractivity contribution is -0.284. The summed E-state index contributed by atoms with van der Waals surface area (Å²) in [6, 6.07) is 0. The molecule has 2 fully saturated rings. The van der Waals surface area contributed by atoms with Crippen LogP contribution in [0.4, 0.5) is 22.0 Å². The maximum absolute atomic E-state index is 13.2. The molecule has 182 valence electrons. The molecular weight excluding hydrogens is 451 g/mol. The molecule has 0 aliphatic carbocycles. The Hall–Kier alpha value is -1.05. The lowest BCUT2D eigenvalue weighted by Gasteiger charge is -2.40. The molecule has 0 aromatic carbocycles. The van der Waals surface area contributed by atoms with Gasteiger partial charge in [0.05, 0.1) is 0 Å². The molecule has 0 unspecified atom stereocenters. The molecule has 0 spiro atoms. The van der Waals surface area contributed by atoms with Gasteiger partial charge in [0.15, 0.2) is 4.75 Å². The average molecular weight is 480 g/mol. The molecule has 1 amide bonds. The van der Waals surface area contributed by atoms with Crippen molar-refractivity contribution in [3.8, 4) is 0 Å². The molecule has 2 aliphatic heterocycles. The maximum atomic E-state index is 13.2. The minimum Gasteiger partial charge on any atom is -0.381 e. The van der Waals surface area contributed by atoms with E-state index in [0.717, 1.165) is 0 Å². The number of carbonyl (C=O) groups is 1. The zero-order valence-corrected chi connectivity index (χ0v) is 17.9. The molecule has 31 heavy (non-hydrogen) atoms. The predicted molar refractivity (Wildman–Crippen MR) is 100 cm³/mol. The summed E-state index contributed by atoms with van der Waals surface area (Å²) in [5, 5.41) is 9.06. The highest BCUT2D eigenvalue weighted by atomic mass is 32.2. The lowest BCUT2D eigenvalue weighted by Crippen LogP contribution is -2.60. The van der Waals surface area contributed by atoms with Gasteiger partial charge in [-0.3, -0.25) is 10.0 Å². The lowest BCUT2D eigenvalue weighted by atomic mass is 9.92. The second kappa shape index (κ2) is 10.3. The van der Waals surface area contributed by atoms with E-state index in [1.54, 1.807) is 0 Å². The summed E-state index contributed by atoms with van der Waals surface area (Å²) in [5.74, 6) is -5.52. The highest BCUT2D eigenvalue weighted by molar-refractivity contribution is 7.91. The Kier molecular flexibility index (Phi) is 8.67. The molecule has 13 heteroatoms. The van der Waals surface area contributed by atoms with Crippen LogP contribution in [0.25, 0.3) is 0 Å². The topological polar surface area (TPSA) is 95.9 Å². The molecule has 0 atom stereocenters. The van der Waals surface area contributed by atoms with Crippen molar-refractivity contribution >= 4 is 15.9 Å². The fraction of sp³-hybridized carbons (Fsp3) is 0.944. The van der Waals surface area contributed by atoms with Gasteiger partial charge in [0.25, 0.3) is 5.91 Å². The monoisotopic (exact) mass is 480 g/mol. The number of unbranched alkanes of at least 4 members (excludes halogenated alkanes) is 2. The number of hydrogen-bond donors (Lipinski definition) is 2. The first-order valence-electron chi connectivity index (χ1n) is 10.3. The van der Waals surface area contributed by atoms with Crippen LogP contribution in [0.2, 0.25) is 0 Å². The summed E-state index contributed by atoms with van der Waals surface area (Å²) < 4.78 is 93.2. The van der Waals surface area contributed by atoms with Crippen molar-refractivity contribution in [1.82, 2.24) is 9.79 Å². The summed E-state index contributed by atoms with van der Waals surface area (Å²) in [4.78, 5) is 12.2. The molecule has 2 rings (SSSR count). The molecular formula is C18H29F5N2O5S. The van der Waals surface area contributed by atoms with E-state index in [1.807, 2.05) is 0 Å². The molecule has 2 heterocycles. The van der Waals surface area contributed by atoms with Crippen molar-refractivity contribution in [1.29, 1.82) is 0 Å². The number of halogens is 5. The number of hydrogen-bond acceptors (Lipinski definition) is 5. The molecule has 0 aromatic heterocycles. The van der Waals surface area contributed by atoms with E-state index in [1.165, 1.54) is 9.79 Å². The number of hydroxylamine groups is 1. The molecule has 2 N–H and O–H groups in total. The number of nitrogens with zero attached hydrogens (tertiary/aromatic N) is 1. The van der Waals surface area contributed by atoms with Crippen molar-refractivity contribution < 1.29 is 45.1 Å². The number of sulfonamides is 1. The van der Waals surface area contributed by atoms with Crippen LogP contribution in [-0.4, -0.2) is 67.0 Å². The van der Waals surface area contributed by atoms with Gasteiger partial charge in [0.2, 0.25) is 10.0 Å². The molecule has 0 saturated carbocycles. The first-order chi connectivity index (χ1) is 14.4. The van der Waals surface area contributed by atoms with Crippen LogP contribution < -0.4 is 5.48 Å². The normalized spacial score (nSPS) is 21.7. The summed E-state index contributed by atoms with van der Waals surface area (Å²) in [7, 11) is -4.05. The molecule has 0 radical (unpaired) electrons. The van der Waals surface area contributed by atoms with E-state index in [0.29, 0.717) is 25.7 Å². The first kappa shape index (κ1) is 26.2. The van der Waals surface area contributed by atoms with Gasteiger partial charge in [0.1, 0.15) is 0 Å². The maximum Gasteiger partial charge on any atom is 0.453 e. The van der Waals surface area contributed by atoms with E-state index in [9.17, 15) is 35.2 Å². The average Bonchev–Trinajstić information content (AvgIpc) is 2.72. The predicted octanol–water partition coefficient (Wildman–Crippen LogP) is 3.23. The third-order valence-corrected chi connectivity index (χ3v) is 8.87. The van der Waals surface area contributed by atoms with E-state index < -0.39 is 39.2 Å². The highest BCUT2D eigenvalue weighted by Gasteiger charge is 2.56. The fourth-order valence-corrected chi connectivity index (χ4v) is 6.34. The molecule has 2 aliphatic rings. The molecule has 0 bridgehead atoms. The summed E-state index contributed by atoms with van der Waals surface area (Å²) >= 11 is 0. The van der Waals surface area contributed by atoms with Gasteiger partial charge in [0, 0.05) is 45.6 Å². The van der Waals surface area contributed by atoms with Gasteiger partial charge in [-0.1, -0.05) is 19.3 Å². The Morgan fingerprint density at radius 2 is 1.65 bits per heavy atom. The SMILES string of the molecule is O=C(NO)C1(S(=O)(=O)N2CCC(CCCCCC(F)(F)C(F)(F)F)CC2)CCOCC1. The largest absolute Gasteiger partial charge is 0.453 e. The zero-order chi connectivity index (χ0) is 23.3. The van der Waals surface area contributed by atoms with Crippen molar-refractivity contribution in [2.75, 3.05) is 26.3 Å². The highest BCUT2D eigenvalue weighted by Crippen LogP contribution is 2.39. The minimum atomic E-state index is -5.53. The van der Waals surface area contributed by atoms with Gasteiger partial charge >= 0.3 is 12.1 Å². The van der Waals surface area contributed by atoms with Crippen molar-refractivity contribution in [2.45, 2.75) is 74.6 Å². The Labute approximate surface area is 178 Å². The van der Waals surface area contributed by atoms with Crippen LogP contribution >= 0.6 is 0 Å². The van der Waals surface area contributed by atoms with E-state index in [4.69, 9.17) is 9.94 Å². The smallest absolute Gasteiger partial charge is 0.381 e. The van der Waals surface area contributed by atoms with E-state index in [-0.39, 0.29) is 57.9 Å². The van der Waals surface area contributed by atoms with Crippen LogP contribution in [0.1, 0.15) is 57.8 Å². The van der Waals surface area contributed by atoms with Gasteiger partial charge in [-0.05, 0) is 25.2 Å². The van der Waals surface area contributed by atoms with Crippen LogP contribution in [0, 0.1) is 5.92 Å². The minimum absolute atomic E-state index is 0.0653. The van der Waals surface area contributed by atoms with E-state index >= 15 is 0 Å². The van der Waals surface area contributed by atoms with E-state index in [2.05, 4.69) is 0 Å². The molecule has 0 aromatic rings. The summed E-state index contributed by atoms with van der Waals surface area (Å²) in [6.07, 6.45) is -4.78. The van der Waals surface area contributed by atoms with Gasteiger partial charge < -0.3 is 4.74 Å².